The number of benzene rings is 1. The second kappa shape index (κ2) is 6.75. The molecule has 0 aromatic heterocycles. The number of likely N-dealkylation sites (N-methyl/N-ethyl adjacent to an activating group) is 1. The lowest BCUT2D eigenvalue weighted by Crippen LogP contribution is -2.48. The van der Waals surface area contributed by atoms with Crippen LogP contribution in [0.25, 0.3) is 0 Å². The summed E-state index contributed by atoms with van der Waals surface area (Å²) in [5, 5.41) is 0. The van der Waals surface area contributed by atoms with Crippen LogP contribution in [0.4, 0.5) is 0 Å². The molecule has 0 radical (unpaired) electrons. The minimum absolute atomic E-state index is 0.00931. The normalized spacial score (nSPS) is 22.9. The van der Waals surface area contributed by atoms with Crippen molar-refractivity contribution in [3.05, 3.63) is 29.8 Å². The lowest BCUT2D eigenvalue weighted by Gasteiger charge is -2.39. The summed E-state index contributed by atoms with van der Waals surface area (Å²) in [5.74, 6) is 1.07. The molecule has 1 fully saturated rings. The number of rotatable bonds is 5. The maximum absolute atomic E-state index is 12.0. The highest BCUT2D eigenvalue weighted by Crippen LogP contribution is 2.31. The number of ether oxygens (including phenoxy) is 1. The second-order valence-electron chi connectivity index (χ2n) is 5.24. The van der Waals surface area contributed by atoms with Gasteiger partial charge in [-0.05, 0) is 37.5 Å². The number of nitrogens with two attached hydrogens (primary N) is 1. The number of hydrogen-bond donors (Lipinski definition) is 1. The Labute approximate surface area is 120 Å². The summed E-state index contributed by atoms with van der Waals surface area (Å²) in [5.41, 5.74) is 7.33. The topological polar surface area (TPSA) is 55.6 Å². The monoisotopic (exact) mass is 276 g/mol. The Morgan fingerprint density at radius 2 is 2.00 bits per heavy atom. The van der Waals surface area contributed by atoms with Crippen molar-refractivity contribution in [2.75, 3.05) is 13.2 Å². The number of hydrogen-bond acceptors (Lipinski definition) is 3. The van der Waals surface area contributed by atoms with E-state index >= 15 is 0 Å². The van der Waals surface area contributed by atoms with Crippen molar-refractivity contribution >= 4 is 5.91 Å². The lowest BCUT2D eigenvalue weighted by molar-refractivity contribution is -0.137. The molecule has 2 atom stereocenters. The minimum Gasteiger partial charge on any atom is -0.494 e. The molecule has 0 bridgehead atoms. The first kappa shape index (κ1) is 14.9. The van der Waals surface area contributed by atoms with Crippen LogP contribution in [-0.2, 0) is 4.79 Å². The molecule has 2 N–H and O–H groups in total. The van der Waals surface area contributed by atoms with E-state index in [0.29, 0.717) is 13.0 Å². The van der Waals surface area contributed by atoms with Gasteiger partial charge in [-0.25, -0.2) is 0 Å². The molecule has 1 heterocycles. The quantitative estimate of drug-likeness (QED) is 0.899. The van der Waals surface area contributed by atoms with Gasteiger partial charge in [0.25, 0.3) is 0 Å². The average molecular weight is 276 g/mol. The maximum Gasteiger partial charge on any atom is 0.223 e. The standard InChI is InChI=1S/C16H24N2O2/c1-3-11-20-13-7-5-12(6-8-13)16-14(17)9-10-15(19)18(16)4-2/h5-8,14,16H,3-4,9-11,17H2,1-2H3. The summed E-state index contributed by atoms with van der Waals surface area (Å²) < 4.78 is 5.59. The molecule has 0 saturated carbocycles. The summed E-state index contributed by atoms with van der Waals surface area (Å²) in [4.78, 5) is 13.9. The molecule has 2 unspecified atom stereocenters. The third-order valence-corrected chi connectivity index (χ3v) is 3.79. The van der Waals surface area contributed by atoms with E-state index in [1.807, 2.05) is 36.1 Å². The molecule has 2 rings (SSSR count). The Morgan fingerprint density at radius 1 is 1.30 bits per heavy atom. The van der Waals surface area contributed by atoms with E-state index in [2.05, 4.69) is 6.92 Å². The largest absolute Gasteiger partial charge is 0.494 e. The molecule has 1 aromatic carbocycles. The predicted molar refractivity (Wildman–Crippen MR) is 79.6 cm³/mol. The molecule has 4 nitrogen and oxygen atoms in total. The van der Waals surface area contributed by atoms with Crippen LogP contribution in [-0.4, -0.2) is 30.0 Å². The highest BCUT2D eigenvalue weighted by molar-refractivity contribution is 5.77. The summed E-state index contributed by atoms with van der Waals surface area (Å²) in [6, 6.07) is 7.97. The number of likely N-dealkylation sites (tertiary alicyclic amines) is 1. The van der Waals surface area contributed by atoms with Crippen LogP contribution in [0.5, 0.6) is 5.75 Å². The fourth-order valence-corrected chi connectivity index (χ4v) is 2.76. The SMILES string of the molecule is CCCOc1ccc(C2C(N)CCC(=O)N2CC)cc1. The molecule has 1 aliphatic rings. The van der Waals surface area contributed by atoms with Crippen LogP contribution in [0.3, 0.4) is 0 Å². The number of carbonyl (C=O) groups excluding carboxylic acids is 1. The van der Waals surface area contributed by atoms with Gasteiger partial charge in [0.15, 0.2) is 0 Å². The van der Waals surface area contributed by atoms with Crippen LogP contribution in [0, 0.1) is 0 Å². The molecule has 110 valence electrons. The van der Waals surface area contributed by atoms with Crippen LogP contribution < -0.4 is 10.5 Å². The maximum atomic E-state index is 12.0. The van der Waals surface area contributed by atoms with Crippen LogP contribution in [0.2, 0.25) is 0 Å². The molecule has 1 amide bonds. The predicted octanol–water partition coefficient (Wildman–Crippen LogP) is 2.49. The molecule has 20 heavy (non-hydrogen) atoms. The highest BCUT2D eigenvalue weighted by Gasteiger charge is 2.33. The Morgan fingerprint density at radius 3 is 2.60 bits per heavy atom. The van der Waals surface area contributed by atoms with Crippen molar-refractivity contribution in [1.29, 1.82) is 0 Å². The van der Waals surface area contributed by atoms with Crippen molar-refractivity contribution in [2.45, 2.75) is 45.2 Å². The van der Waals surface area contributed by atoms with Crippen molar-refractivity contribution in [3.8, 4) is 5.75 Å². The van der Waals surface area contributed by atoms with Crippen molar-refractivity contribution in [3.63, 3.8) is 0 Å². The van der Waals surface area contributed by atoms with Crippen molar-refractivity contribution < 1.29 is 9.53 Å². The Balaban J connectivity index is 2.17. The first-order valence-electron chi connectivity index (χ1n) is 7.45. The molecule has 0 aliphatic carbocycles. The van der Waals surface area contributed by atoms with Crippen LogP contribution >= 0.6 is 0 Å². The molecule has 1 aromatic rings. The third-order valence-electron chi connectivity index (χ3n) is 3.79. The fraction of sp³-hybridized carbons (Fsp3) is 0.562. The molecule has 0 spiro atoms. The van der Waals surface area contributed by atoms with Gasteiger partial charge in [0, 0.05) is 19.0 Å². The van der Waals surface area contributed by atoms with Gasteiger partial charge in [0.05, 0.1) is 12.6 Å². The van der Waals surface area contributed by atoms with Gasteiger partial charge < -0.3 is 15.4 Å². The molecular formula is C16H24N2O2. The van der Waals surface area contributed by atoms with E-state index in [0.717, 1.165) is 30.8 Å². The summed E-state index contributed by atoms with van der Waals surface area (Å²) in [6.07, 6.45) is 2.31. The van der Waals surface area contributed by atoms with E-state index in [1.54, 1.807) is 0 Å². The van der Waals surface area contributed by atoms with Gasteiger partial charge in [-0.3, -0.25) is 4.79 Å². The second-order valence-corrected chi connectivity index (χ2v) is 5.24. The summed E-state index contributed by atoms with van der Waals surface area (Å²) >= 11 is 0. The Kier molecular flexibility index (Phi) is 5.01. The zero-order chi connectivity index (χ0) is 14.5. The van der Waals surface area contributed by atoms with Gasteiger partial charge in [-0.1, -0.05) is 19.1 Å². The molecule has 1 aliphatic heterocycles. The summed E-state index contributed by atoms with van der Waals surface area (Å²) in [7, 11) is 0. The first-order valence-corrected chi connectivity index (χ1v) is 7.45. The van der Waals surface area contributed by atoms with Gasteiger partial charge in [0.1, 0.15) is 5.75 Å². The average Bonchev–Trinajstić information content (AvgIpc) is 2.48. The van der Waals surface area contributed by atoms with Gasteiger partial charge in [-0.15, -0.1) is 0 Å². The van der Waals surface area contributed by atoms with E-state index in [1.165, 1.54) is 0 Å². The van der Waals surface area contributed by atoms with E-state index in [9.17, 15) is 4.79 Å². The van der Waals surface area contributed by atoms with Crippen molar-refractivity contribution in [2.24, 2.45) is 5.73 Å². The first-order chi connectivity index (χ1) is 9.67. The Bertz CT molecular complexity index is 444. The zero-order valence-corrected chi connectivity index (χ0v) is 12.3. The van der Waals surface area contributed by atoms with Gasteiger partial charge >= 0.3 is 0 Å². The molecule has 1 saturated heterocycles. The van der Waals surface area contributed by atoms with E-state index in [-0.39, 0.29) is 18.0 Å². The number of piperidine rings is 1. The zero-order valence-electron chi connectivity index (χ0n) is 12.3. The van der Waals surface area contributed by atoms with Crippen molar-refractivity contribution in [1.82, 2.24) is 4.90 Å². The fourth-order valence-electron chi connectivity index (χ4n) is 2.76. The van der Waals surface area contributed by atoms with Gasteiger partial charge in [0.2, 0.25) is 5.91 Å². The molecular weight excluding hydrogens is 252 g/mol. The van der Waals surface area contributed by atoms with Crippen LogP contribution in [0.15, 0.2) is 24.3 Å². The van der Waals surface area contributed by atoms with Gasteiger partial charge in [-0.2, -0.15) is 0 Å². The van der Waals surface area contributed by atoms with E-state index in [4.69, 9.17) is 10.5 Å². The number of carbonyl (C=O) groups is 1. The van der Waals surface area contributed by atoms with Crippen LogP contribution in [0.1, 0.15) is 44.7 Å². The minimum atomic E-state index is -0.0125. The summed E-state index contributed by atoms with van der Waals surface area (Å²) in [6.45, 7) is 5.51. The smallest absolute Gasteiger partial charge is 0.223 e. The Hall–Kier alpha value is -1.55. The lowest BCUT2D eigenvalue weighted by atomic mass is 9.90. The number of amides is 1. The number of nitrogens with zero attached hydrogens (tertiary/aromatic N) is 1. The third kappa shape index (κ3) is 3.12. The molecule has 4 heteroatoms. The highest BCUT2D eigenvalue weighted by atomic mass is 16.5. The van der Waals surface area contributed by atoms with E-state index < -0.39 is 0 Å².